The number of non-ortho nitro benzene ring substituents is 1. The van der Waals surface area contributed by atoms with Gasteiger partial charge in [0.2, 0.25) is 11.1 Å². The Morgan fingerprint density at radius 3 is 2.54 bits per heavy atom. The third kappa shape index (κ3) is 5.68. The van der Waals surface area contributed by atoms with Crippen molar-refractivity contribution in [3.05, 3.63) is 111 Å². The fraction of sp³-hybridized carbons (Fsp3) is 0.214. The number of nitro benzene ring substituents is 1. The maximum Gasteiger partial charge on any atom is 0.269 e. The van der Waals surface area contributed by atoms with Crippen LogP contribution in [0.4, 0.5) is 17.3 Å². The number of nitro groups is 1. The van der Waals surface area contributed by atoms with Crippen LogP contribution < -0.4 is 10.6 Å². The standard InChI is InChI=1S/C28H27N7O3S/c1-17(2)20-8-10-21(11-9-20)25-24(26(36)31-22-5-4-14-29-15-22)18(3)30-27-32-28(33-34(25)27)39-16-19-6-12-23(13-7-19)35(37)38/h4-15,17,25H,16H2,1-3H3,(H,31,36)(H,30,32,33). The average molecular weight is 542 g/mol. The van der Waals surface area contributed by atoms with E-state index in [9.17, 15) is 14.9 Å². The highest BCUT2D eigenvalue weighted by Gasteiger charge is 2.34. The minimum Gasteiger partial charge on any atom is -0.328 e. The number of hydrogen-bond donors (Lipinski definition) is 2. The third-order valence-electron chi connectivity index (χ3n) is 6.43. The molecule has 4 aromatic rings. The van der Waals surface area contributed by atoms with Crippen LogP contribution in [0.2, 0.25) is 0 Å². The van der Waals surface area contributed by atoms with Crippen LogP contribution >= 0.6 is 11.8 Å². The van der Waals surface area contributed by atoms with E-state index in [0.717, 1.165) is 11.1 Å². The van der Waals surface area contributed by atoms with Gasteiger partial charge in [0.25, 0.3) is 11.6 Å². The first-order valence-electron chi connectivity index (χ1n) is 12.4. The van der Waals surface area contributed by atoms with E-state index >= 15 is 0 Å². The molecule has 198 valence electrons. The first-order chi connectivity index (χ1) is 18.8. The molecule has 10 nitrogen and oxygen atoms in total. The van der Waals surface area contributed by atoms with E-state index in [2.05, 4.69) is 46.6 Å². The molecule has 0 aliphatic carbocycles. The van der Waals surface area contributed by atoms with Crippen molar-refractivity contribution in [3.8, 4) is 0 Å². The van der Waals surface area contributed by atoms with E-state index in [-0.39, 0.29) is 11.6 Å². The predicted molar refractivity (Wildman–Crippen MR) is 151 cm³/mol. The van der Waals surface area contributed by atoms with E-state index in [4.69, 9.17) is 5.10 Å². The van der Waals surface area contributed by atoms with Crippen molar-refractivity contribution in [1.29, 1.82) is 0 Å². The van der Waals surface area contributed by atoms with Crippen LogP contribution in [-0.2, 0) is 10.5 Å². The Labute approximate surface area is 229 Å². The highest BCUT2D eigenvalue weighted by molar-refractivity contribution is 7.98. The number of nitrogens with zero attached hydrogens (tertiary/aromatic N) is 5. The predicted octanol–water partition coefficient (Wildman–Crippen LogP) is 5.92. The molecular formula is C28H27N7O3S. The number of fused-ring (bicyclic) bond motifs is 1. The van der Waals surface area contributed by atoms with Crippen molar-refractivity contribution in [2.45, 2.75) is 43.6 Å². The highest BCUT2D eigenvalue weighted by atomic mass is 32.2. The van der Waals surface area contributed by atoms with Gasteiger partial charge in [-0.2, -0.15) is 4.98 Å². The Morgan fingerprint density at radius 1 is 1.15 bits per heavy atom. The zero-order valence-electron chi connectivity index (χ0n) is 21.7. The molecular weight excluding hydrogens is 514 g/mol. The van der Waals surface area contributed by atoms with Crippen molar-refractivity contribution >= 4 is 35.0 Å². The van der Waals surface area contributed by atoms with Gasteiger partial charge in [-0.1, -0.05) is 62.0 Å². The lowest BCUT2D eigenvalue weighted by atomic mass is 9.93. The largest absolute Gasteiger partial charge is 0.328 e. The summed E-state index contributed by atoms with van der Waals surface area (Å²) in [5.41, 5.74) is 4.89. The average Bonchev–Trinajstić information content (AvgIpc) is 3.34. The molecule has 2 aromatic carbocycles. The molecule has 0 spiro atoms. The molecule has 5 rings (SSSR count). The summed E-state index contributed by atoms with van der Waals surface area (Å²) in [7, 11) is 0. The molecule has 1 aliphatic heterocycles. The van der Waals surface area contributed by atoms with Crippen LogP contribution in [0.5, 0.6) is 0 Å². The smallest absolute Gasteiger partial charge is 0.269 e. The number of thioether (sulfide) groups is 1. The Balaban J connectivity index is 1.46. The minimum absolute atomic E-state index is 0.0495. The van der Waals surface area contributed by atoms with Gasteiger partial charge in [-0.15, -0.1) is 5.10 Å². The maximum absolute atomic E-state index is 13.6. The van der Waals surface area contributed by atoms with Gasteiger partial charge in [0, 0.05) is 29.8 Å². The monoisotopic (exact) mass is 541 g/mol. The Bertz CT molecular complexity index is 1530. The van der Waals surface area contributed by atoms with Crippen LogP contribution in [0, 0.1) is 10.1 Å². The van der Waals surface area contributed by atoms with Gasteiger partial charge in [-0.25, -0.2) is 4.68 Å². The van der Waals surface area contributed by atoms with Gasteiger partial charge in [0.05, 0.1) is 22.4 Å². The summed E-state index contributed by atoms with van der Waals surface area (Å²) in [6.07, 6.45) is 3.25. The summed E-state index contributed by atoms with van der Waals surface area (Å²) in [6, 6.07) is 17.7. The molecule has 11 heteroatoms. The Kier molecular flexibility index (Phi) is 7.42. The number of anilines is 2. The molecule has 3 heterocycles. The van der Waals surface area contributed by atoms with Gasteiger partial charge in [-0.05, 0) is 41.7 Å². The maximum atomic E-state index is 13.6. The van der Waals surface area contributed by atoms with Gasteiger partial charge >= 0.3 is 0 Å². The third-order valence-corrected chi connectivity index (χ3v) is 7.34. The number of amides is 1. The highest BCUT2D eigenvalue weighted by Crippen LogP contribution is 2.37. The molecule has 0 saturated carbocycles. The summed E-state index contributed by atoms with van der Waals surface area (Å²) >= 11 is 1.42. The van der Waals surface area contributed by atoms with Gasteiger partial charge in [-0.3, -0.25) is 19.9 Å². The number of carbonyl (C=O) groups is 1. The topological polar surface area (TPSA) is 128 Å². The van der Waals surface area contributed by atoms with Crippen LogP contribution in [0.1, 0.15) is 49.4 Å². The first kappa shape index (κ1) is 26.1. The molecule has 2 N–H and O–H groups in total. The molecule has 0 fully saturated rings. The lowest BCUT2D eigenvalue weighted by Gasteiger charge is -2.28. The fourth-order valence-corrected chi connectivity index (χ4v) is 5.14. The summed E-state index contributed by atoms with van der Waals surface area (Å²) < 4.78 is 1.74. The molecule has 2 aromatic heterocycles. The van der Waals surface area contributed by atoms with Crippen LogP contribution in [0.25, 0.3) is 0 Å². The summed E-state index contributed by atoms with van der Waals surface area (Å²) in [5, 5.41) is 22.4. The summed E-state index contributed by atoms with van der Waals surface area (Å²) in [4.78, 5) is 32.9. The molecule has 1 atom stereocenters. The Hall–Kier alpha value is -4.51. The molecule has 0 saturated heterocycles. The van der Waals surface area contributed by atoms with E-state index < -0.39 is 11.0 Å². The second-order valence-corrected chi connectivity index (χ2v) is 10.4. The van der Waals surface area contributed by atoms with Gasteiger partial charge in [0.15, 0.2) is 0 Å². The number of rotatable bonds is 8. The number of aromatic nitrogens is 4. The zero-order valence-corrected chi connectivity index (χ0v) is 22.5. The zero-order chi connectivity index (χ0) is 27.5. The van der Waals surface area contributed by atoms with Gasteiger partial charge in [0.1, 0.15) is 6.04 Å². The van der Waals surface area contributed by atoms with E-state index in [0.29, 0.717) is 39.7 Å². The van der Waals surface area contributed by atoms with Crippen LogP contribution in [0.3, 0.4) is 0 Å². The molecule has 1 aliphatic rings. The number of nitrogens with one attached hydrogen (secondary N) is 2. The lowest BCUT2D eigenvalue weighted by Crippen LogP contribution is -2.31. The van der Waals surface area contributed by atoms with Crippen molar-refractivity contribution in [3.63, 3.8) is 0 Å². The van der Waals surface area contributed by atoms with Gasteiger partial charge < -0.3 is 10.6 Å². The number of carbonyl (C=O) groups excluding carboxylic acids is 1. The second-order valence-electron chi connectivity index (χ2n) is 9.46. The van der Waals surface area contributed by atoms with Crippen molar-refractivity contribution in [2.75, 3.05) is 10.6 Å². The van der Waals surface area contributed by atoms with Crippen molar-refractivity contribution in [1.82, 2.24) is 19.7 Å². The first-order valence-corrected chi connectivity index (χ1v) is 13.4. The SMILES string of the molecule is CC1=C(C(=O)Nc2cccnc2)C(c2ccc(C(C)C)cc2)n2nc(SCc3ccc([N+](=O)[O-])cc3)nc2N1. The number of benzene rings is 2. The van der Waals surface area contributed by atoms with E-state index in [1.165, 1.54) is 29.5 Å². The Morgan fingerprint density at radius 2 is 1.90 bits per heavy atom. The van der Waals surface area contributed by atoms with E-state index in [1.54, 1.807) is 41.3 Å². The van der Waals surface area contributed by atoms with Crippen molar-refractivity contribution in [2.24, 2.45) is 0 Å². The van der Waals surface area contributed by atoms with E-state index in [1.807, 2.05) is 19.1 Å². The molecule has 0 bridgehead atoms. The molecule has 0 radical (unpaired) electrons. The molecule has 1 amide bonds. The second kappa shape index (κ2) is 11.1. The van der Waals surface area contributed by atoms with Crippen LogP contribution in [-0.4, -0.2) is 30.6 Å². The normalized spacial score (nSPS) is 14.6. The number of allylic oxidation sites excluding steroid dienone is 1. The fourth-order valence-electron chi connectivity index (χ4n) is 4.35. The summed E-state index contributed by atoms with van der Waals surface area (Å²) in [5.74, 6) is 1.19. The van der Waals surface area contributed by atoms with Crippen molar-refractivity contribution < 1.29 is 9.72 Å². The molecule has 1 unspecified atom stereocenters. The number of pyridine rings is 1. The lowest BCUT2D eigenvalue weighted by molar-refractivity contribution is -0.384. The number of hydrogen-bond acceptors (Lipinski definition) is 8. The minimum atomic E-state index is -0.500. The van der Waals surface area contributed by atoms with Crippen LogP contribution in [0.15, 0.2) is 89.5 Å². The molecule has 39 heavy (non-hydrogen) atoms. The quantitative estimate of drug-likeness (QED) is 0.160. The summed E-state index contributed by atoms with van der Waals surface area (Å²) in [6.45, 7) is 6.14.